The Kier molecular flexibility index (Phi) is 5.59. The first-order valence-electron chi connectivity index (χ1n) is 9.86. The van der Waals surface area contributed by atoms with Crippen LogP contribution in [0.1, 0.15) is 30.1 Å². The summed E-state index contributed by atoms with van der Waals surface area (Å²) in [5.74, 6) is 1.14. The van der Waals surface area contributed by atoms with E-state index in [9.17, 15) is 4.79 Å². The number of piperazine rings is 1. The summed E-state index contributed by atoms with van der Waals surface area (Å²) in [4.78, 5) is 28.0. The van der Waals surface area contributed by atoms with Crippen molar-refractivity contribution in [2.75, 3.05) is 44.2 Å². The van der Waals surface area contributed by atoms with Gasteiger partial charge in [-0.15, -0.1) is 0 Å². The molecule has 150 valence electrons. The standard InChI is InChI=1S/C20H27N5O3/c1-15-12-25(13-16(2)28-15)20-21-6-5-17(22-20)14-23-7-9-24(10-8-23)19(26)18-4-3-11-27-18/h3-6,11,15-16H,7-10,12-14H2,1-2H3/t15-,16-/m0/s1. The van der Waals surface area contributed by atoms with Gasteiger partial charge in [-0.2, -0.15) is 0 Å². The van der Waals surface area contributed by atoms with Gasteiger partial charge >= 0.3 is 0 Å². The SMILES string of the molecule is C[C@H]1CN(c2nccc(CN3CCN(C(=O)c4ccco4)CC3)n2)C[C@H](C)O1. The molecule has 2 aliphatic heterocycles. The number of amides is 1. The van der Waals surface area contributed by atoms with Gasteiger partial charge in [-0.3, -0.25) is 9.69 Å². The molecule has 0 unspecified atom stereocenters. The van der Waals surface area contributed by atoms with Crippen LogP contribution in [0.3, 0.4) is 0 Å². The summed E-state index contributed by atoms with van der Waals surface area (Å²) in [5.41, 5.74) is 1.00. The maximum absolute atomic E-state index is 12.4. The molecule has 4 rings (SSSR count). The zero-order chi connectivity index (χ0) is 19.5. The molecule has 8 heteroatoms. The number of rotatable bonds is 4. The lowest BCUT2D eigenvalue weighted by Crippen LogP contribution is -2.48. The number of aromatic nitrogens is 2. The second-order valence-electron chi connectivity index (χ2n) is 7.56. The van der Waals surface area contributed by atoms with Crippen LogP contribution in [0.2, 0.25) is 0 Å². The number of ether oxygens (including phenoxy) is 1. The van der Waals surface area contributed by atoms with Gasteiger partial charge in [0.2, 0.25) is 5.95 Å². The van der Waals surface area contributed by atoms with Gasteiger partial charge in [-0.1, -0.05) is 0 Å². The van der Waals surface area contributed by atoms with Crippen LogP contribution in [0.5, 0.6) is 0 Å². The topological polar surface area (TPSA) is 74.9 Å². The lowest BCUT2D eigenvalue weighted by Gasteiger charge is -2.36. The number of morpholine rings is 1. The molecule has 0 N–H and O–H groups in total. The monoisotopic (exact) mass is 385 g/mol. The van der Waals surface area contributed by atoms with E-state index in [0.717, 1.165) is 44.4 Å². The third-order valence-electron chi connectivity index (χ3n) is 5.18. The molecule has 2 saturated heterocycles. The van der Waals surface area contributed by atoms with Crippen molar-refractivity contribution in [2.45, 2.75) is 32.6 Å². The molecule has 2 aliphatic rings. The number of anilines is 1. The normalized spacial score (nSPS) is 23.8. The smallest absolute Gasteiger partial charge is 0.289 e. The first-order chi connectivity index (χ1) is 13.6. The van der Waals surface area contributed by atoms with Gasteiger partial charge in [0.05, 0.1) is 24.2 Å². The largest absolute Gasteiger partial charge is 0.459 e. The molecule has 0 bridgehead atoms. The summed E-state index contributed by atoms with van der Waals surface area (Å²) < 4.78 is 11.0. The molecule has 2 aromatic rings. The van der Waals surface area contributed by atoms with Crippen molar-refractivity contribution in [1.82, 2.24) is 19.8 Å². The Morgan fingerprint density at radius 2 is 1.89 bits per heavy atom. The lowest BCUT2D eigenvalue weighted by molar-refractivity contribution is -0.00575. The van der Waals surface area contributed by atoms with Crippen molar-refractivity contribution in [3.8, 4) is 0 Å². The molecule has 0 aromatic carbocycles. The van der Waals surface area contributed by atoms with E-state index >= 15 is 0 Å². The van der Waals surface area contributed by atoms with Crippen LogP contribution in [0.25, 0.3) is 0 Å². The zero-order valence-corrected chi connectivity index (χ0v) is 16.5. The molecule has 2 fully saturated rings. The number of hydrogen-bond donors (Lipinski definition) is 0. The lowest BCUT2D eigenvalue weighted by atomic mass is 10.2. The van der Waals surface area contributed by atoms with Crippen molar-refractivity contribution in [1.29, 1.82) is 0 Å². The minimum Gasteiger partial charge on any atom is -0.459 e. The van der Waals surface area contributed by atoms with Gasteiger partial charge < -0.3 is 19.0 Å². The van der Waals surface area contributed by atoms with Gasteiger partial charge in [-0.25, -0.2) is 9.97 Å². The van der Waals surface area contributed by atoms with Crippen molar-refractivity contribution >= 4 is 11.9 Å². The molecule has 28 heavy (non-hydrogen) atoms. The summed E-state index contributed by atoms with van der Waals surface area (Å²) in [6, 6.07) is 5.42. The molecule has 8 nitrogen and oxygen atoms in total. The van der Waals surface area contributed by atoms with Gasteiger partial charge in [0.25, 0.3) is 5.91 Å². The predicted octanol–water partition coefficient (Wildman–Crippen LogP) is 1.64. The van der Waals surface area contributed by atoms with E-state index < -0.39 is 0 Å². The van der Waals surface area contributed by atoms with Crippen LogP contribution in [-0.4, -0.2) is 77.2 Å². The third-order valence-corrected chi connectivity index (χ3v) is 5.18. The van der Waals surface area contributed by atoms with E-state index in [-0.39, 0.29) is 18.1 Å². The Balaban J connectivity index is 1.33. The maximum Gasteiger partial charge on any atom is 0.289 e. The van der Waals surface area contributed by atoms with E-state index in [1.165, 1.54) is 6.26 Å². The zero-order valence-electron chi connectivity index (χ0n) is 16.5. The highest BCUT2D eigenvalue weighted by Gasteiger charge is 2.26. The Bertz CT molecular complexity index is 779. The summed E-state index contributed by atoms with van der Waals surface area (Å²) in [6.45, 7) is 9.54. The fourth-order valence-electron chi connectivity index (χ4n) is 3.86. The Morgan fingerprint density at radius 3 is 2.57 bits per heavy atom. The molecule has 0 radical (unpaired) electrons. The minimum absolute atomic E-state index is 0.0375. The van der Waals surface area contributed by atoms with Crippen molar-refractivity contribution < 1.29 is 13.9 Å². The van der Waals surface area contributed by atoms with Crippen LogP contribution >= 0.6 is 0 Å². The van der Waals surface area contributed by atoms with E-state index in [0.29, 0.717) is 18.8 Å². The van der Waals surface area contributed by atoms with E-state index in [1.54, 1.807) is 12.1 Å². The summed E-state index contributed by atoms with van der Waals surface area (Å²) in [5, 5.41) is 0. The molecule has 1 amide bonds. The summed E-state index contributed by atoms with van der Waals surface area (Å²) in [7, 11) is 0. The predicted molar refractivity (Wildman–Crippen MR) is 104 cm³/mol. The fourth-order valence-corrected chi connectivity index (χ4v) is 3.86. The van der Waals surface area contributed by atoms with Crippen LogP contribution in [0, 0.1) is 0 Å². The van der Waals surface area contributed by atoms with Crippen molar-refractivity contribution in [2.24, 2.45) is 0 Å². The van der Waals surface area contributed by atoms with Crippen LogP contribution in [0.4, 0.5) is 5.95 Å². The van der Waals surface area contributed by atoms with Gasteiger partial charge in [0.15, 0.2) is 5.76 Å². The van der Waals surface area contributed by atoms with E-state index in [4.69, 9.17) is 14.1 Å². The minimum atomic E-state index is -0.0375. The Labute approximate surface area is 165 Å². The highest BCUT2D eigenvalue weighted by atomic mass is 16.5. The van der Waals surface area contributed by atoms with Gasteiger partial charge in [0.1, 0.15) is 0 Å². The third kappa shape index (κ3) is 4.34. The number of carbonyl (C=O) groups is 1. The quantitative estimate of drug-likeness (QED) is 0.792. The molecule has 4 heterocycles. The molecule has 0 spiro atoms. The van der Waals surface area contributed by atoms with Crippen LogP contribution in [0.15, 0.2) is 35.1 Å². The van der Waals surface area contributed by atoms with Crippen molar-refractivity contribution in [3.05, 3.63) is 42.1 Å². The molecule has 2 atom stereocenters. The average Bonchev–Trinajstić information content (AvgIpc) is 3.22. The average molecular weight is 385 g/mol. The molecular weight excluding hydrogens is 358 g/mol. The number of furan rings is 1. The number of carbonyl (C=O) groups excluding carboxylic acids is 1. The molecule has 2 aromatic heterocycles. The maximum atomic E-state index is 12.4. The van der Waals surface area contributed by atoms with Gasteiger partial charge in [-0.05, 0) is 32.0 Å². The second kappa shape index (κ2) is 8.28. The molecule has 0 saturated carbocycles. The molecular formula is C20H27N5O3. The Morgan fingerprint density at radius 1 is 1.14 bits per heavy atom. The van der Waals surface area contributed by atoms with Crippen molar-refractivity contribution in [3.63, 3.8) is 0 Å². The fraction of sp³-hybridized carbons (Fsp3) is 0.550. The highest BCUT2D eigenvalue weighted by Crippen LogP contribution is 2.17. The number of nitrogens with zero attached hydrogens (tertiary/aromatic N) is 5. The summed E-state index contributed by atoms with van der Waals surface area (Å²) in [6.07, 6.45) is 3.72. The summed E-state index contributed by atoms with van der Waals surface area (Å²) >= 11 is 0. The molecule has 0 aliphatic carbocycles. The Hall–Kier alpha value is -2.45. The second-order valence-corrected chi connectivity index (χ2v) is 7.56. The van der Waals surface area contributed by atoms with E-state index in [2.05, 4.69) is 28.6 Å². The highest BCUT2D eigenvalue weighted by molar-refractivity contribution is 5.91. The van der Waals surface area contributed by atoms with Crippen LogP contribution in [-0.2, 0) is 11.3 Å². The first kappa shape index (κ1) is 18.9. The van der Waals surface area contributed by atoms with Crippen LogP contribution < -0.4 is 4.90 Å². The number of hydrogen-bond acceptors (Lipinski definition) is 7. The first-order valence-corrected chi connectivity index (χ1v) is 9.86. The van der Waals surface area contributed by atoms with E-state index in [1.807, 2.05) is 17.2 Å². The van der Waals surface area contributed by atoms with Gasteiger partial charge in [0, 0.05) is 52.0 Å².